The monoisotopic (exact) mass is 398 g/mol. The quantitative estimate of drug-likeness (QED) is 0.499. The van der Waals surface area contributed by atoms with Gasteiger partial charge in [-0.25, -0.2) is 9.78 Å². The van der Waals surface area contributed by atoms with Gasteiger partial charge in [0.05, 0.1) is 10.6 Å². The largest absolute Gasteiger partial charge is 0.453 e. The average molecular weight is 399 g/mol. The first kappa shape index (κ1) is 19.3. The number of carbonyl (C=O) groups is 3. The van der Waals surface area contributed by atoms with Gasteiger partial charge >= 0.3 is 5.97 Å². The van der Waals surface area contributed by atoms with Gasteiger partial charge in [0, 0.05) is 11.8 Å². The lowest BCUT2D eigenvalue weighted by Crippen LogP contribution is -2.22. The van der Waals surface area contributed by atoms with Crippen LogP contribution in [-0.2, 0) is 9.53 Å². The molecule has 0 aliphatic heterocycles. The van der Waals surface area contributed by atoms with Gasteiger partial charge in [-0.15, -0.1) is 0 Å². The van der Waals surface area contributed by atoms with Crippen LogP contribution >= 0.6 is 11.6 Å². The Hall–Kier alpha value is -3.45. The van der Waals surface area contributed by atoms with Crippen LogP contribution in [0.15, 0.2) is 53.1 Å². The van der Waals surface area contributed by atoms with E-state index in [4.69, 9.17) is 20.8 Å². The fraction of sp³-hybridized carbons (Fsp3) is 0.100. The van der Waals surface area contributed by atoms with Gasteiger partial charge in [-0.3, -0.25) is 9.59 Å². The van der Waals surface area contributed by atoms with Crippen LogP contribution in [0.1, 0.15) is 26.5 Å². The summed E-state index contributed by atoms with van der Waals surface area (Å²) in [5.74, 6) is -0.329. The van der Waals surface area contributed by atoms with E-state index in [9.17, 15) is 14.4 Å². The number of pyridine rings is 1. The maximum absolute atomic E-state index is 12.3. The molecule has 28 heavy (non-hydrogen) atoms. The number of esters is 1. The van der Waals surface area contributed by atoms with E-state index in [-0.39, 0.29) is 16.3 Å². The Balaban J connectivity index is 1.68. The molecular weight excluding hydrogens is 384 g/mol. The minimum Gasteiger partial charge on any atom is -0.453 e. The highest BCUT2D eigenvalue weighted by atomic mass is 35.5. The van der Waals surface area contributed by atoms with E-state index in [1.165, 1.54) is 18.2 Å². The van der Waals surface area contributed by atoms with Crippen molar-refractivity contribution in [3.05, 3.63) is 70.6 Å². The minimum absolute atomic E-state index is 0.0741. The summed E-state index contributed by atoms with van der Waals surface area (Å²) in [6, 6.07) is 11.3. The van der Waals surface area contributed by atoms with E-state index in [0.717, 1.165) is 5.56 Å². The van der Waals surface area contributed by atoms with Gasteiger partial charge in [0.2, 0.25) is 0 Å². The van der Waals surface area contributed by atoms with Crippen LogP contribution in [0, 0.1) is 6.92 Å². The molecule has 1 N–H and O–H groups in total. The number of benzene rings is 1. The van der Waals surface area contributed by atoms with Gasteiger partial charge in [-0.1, -0.05) is 17.7 Å². The van der Waals surface area contributed by atoms with Crippen molar-refractivity contribution in [2.45, 2.75) is 6.92 Å². The van der Waals surface area contributed by atoms with E-state index < -0.39 is 18.5 Å². The van der Waals surface area contributed by atoms with Crippen LogP contribution in [0.25, 0.3) is 11.3 Å². The van der Waals surface area contributed by atoms with Crippen LogP contribution in [0.4, 0.5) is 5.82 Å². The molecule has 0 fully saturated rings. The fourth-order valence-electron chi connectivity index (χ4n) is 2.40. The zero-order valence-corrected chi connectivity index (χ0v) is 15.5. The first-order valence-electron chi connectivity index (χ1n) is 8.21. The van der Waals surface area contributed by atoms with Gasteiger partial charge in [0.1, 0.15) is 11.6 Å². The number of halogens is 1. The zero-order chi connectivity index (χ0) is 20.1. The molecule has 0 radical (unpaired) electrons. The number of carbonyl (C=O) groups excluding carboxylic acids is 3. The van der Waals surface area contributed by atoms with Gasteiger partial charge in [0.15, 0.2) is 18.7 Å². The molecule has 0 saturated carbocycles. The lowest BCUT2D eigenvalue weighted by Gasteiger charge is -2.09. The molecule has 0 unspecified atom stereocenters. The van der Waals surface area contributed by atoms with Crippen molar-refractivity contribution in [1.29, 1.82) is 0 Å². The van der Waals surface area contributed by atoms with Gasteiger partial charge < -0.3 is 14.5 Å². The van der Waals surface area contributed by atoms with Crippen molar-refractivity contribution in [3.63, 3.8) is 0 Å². The summed E-state index contributed by atoms with van der Waals surface area (Å²) in [5.41, 5.74) is 1.40. The number of hydrogen-bond donors (Lipinski definition) is 1. The SMILES string of the molecule is Cc1cccnc1NC(=O)COC(=O)c1cc(-c2ccc(C=O)o2)ccc1Cl. The Labute approximate surface area is 165 Å². The van der Waals surface area contributed by atoms with E-state index >= 15 is 0 Å². The topological polar surface area (TPSA) is 98.5 Å². The van der Waals surface area contributed by atoms with Crippen molar-refractivity contribution >= 4 is 35.6 Å². The van der Waals surface area contributed by atoms with Crippen molar-refractivity contribution in [3.8, 4) is 11.3 Å². The maximum atomic E-state index is 12.3. The Morgan fingerprint density at radius 2 is 2.07 bits per heavy atom. The number of nitrogens with one attached hydrogen (secondary N) is 1. The first-order valence-corrected chi connectivity index (χ1v) is 8.59. The van der Waals surface area contributed by atoms with Crippen LogP contribution < -0.4 is 5.32 Å². The summed E-state index contributed by atoms with van der Waals surface area (Å²) in [7, 11) is 0. The molecule has 0 saturated heterocycles. The molecule has 142 valence electrons. The van der Waals surface area contributed by atoms with Crippen LogP contribution in [0.5, 0.6) is 0 Å². The molecule has 7 nitrogen and oxygen atoms in total. The number of rotatable bonds is 6. The number of aldehydes is 1. The van der Waals surface area contributed by atoms with Crippen molar-refractivity contribution in [2.24, 2.45) is 0 Å². The molecule has 0 atom stereocenters. The standard InChI is InChI=1S/C20H15ClN2O5/c1-12-3-2-8-22-19(12)23-18(25)11-27-20(26)15-9-13(4-6-16(15)21)17-7-5-14(10-24)28-17/h2-10H,11H2,1H3,(H,22,23,25). The predicted octanol–water partition coefficient (Wildman–Crippen LogP) is 3.91. The molecular formula is C20H15ClN2O5. The third-order valence-corrected chi connectivity index (χ3v) is 4.14. The van der Waals surface area contributed by atoms with E-state index in [2.05, 4.69) is 10.3 Å². The zero-order valence-electron chi connectivity index (χ0n) is 14.8. The normalized spacial score (nSPS) is 10.4. The Kier molecular flexibility index (Phi) is 5.86. The number of hydrogen-bond acceptors (Lipinski definition) is 6. The molecule has 2 aromatic heterocycles. The Bertz CT molecular complexity index is 1040. The summed E-state index contributed by atoms with van der Waals surface area (Å²) in [4.78, 5) is 39.1. The summed E-state index contributed by atoms with van der Waals surface area (Å²) >= 11 is 6.08. The Morgan fingerprint density at radius 1 is 1.25 bits per heavy atom. The van der Waals surface area contributed by atoms with Gasteiger partial charge in [0.25, 0.3) is 5.91 Å². The summed E-state index contributed by atoms with van der Waals surface area (Å²) in [6.07, 6.45) is 2.13. The second-order valence-corrected chi connectivity index (χ2v) is 6.21. The number of anilines is 1. The lowest BCUT2D eigenvalue weighted by molar-refractivity contribution is -0.119. The molecule has 3 rings (SSSR count). The number of amides is 1. The van der Waals surface area contributed by atoms with Crippen molar-refractivity contribution in [1.82, 2.24) is 4.98 Å². The molecule has 0 aliphatic carbocycles. The third-order valence-electron chi connectivity index (χ3n) is 3.82. The Morgan fingerprint density at radius 3 is 2.79 bits per heavy atom. The summed E-state index contributed by atoms with van der Waals surface area (Å²) in [5, 5.41) is 2.73. The summed E-state index contributed by atoms with van der Waals surface area (Å²) in [6.45, 7) is 1.30. The summed E-state index contributed by atoms with van der Waals surface area (Å²) < 4.78 is 10.4. The number of ether oxygens (including phenoxy) is 1. The number of aryl methyl sites for hydroxylation is 1. The fourth-order valence-corrected chi connectivity index (χ4v) is 2.59. The lowest BCUT2D eigenvalue weighted by atomic mass is 10.1. The van der Waals surface area contributed by atoms with Crippen LogP contribution in [0.3, 0.4) is 0 Å². The second kappa shape index (κ2) is 8.49. The average Bonchev–Trinajstić information content (AvgIpc) is 3.17. The highest BCUT2D eigenvalue weighted by molar-refractivity contribution is 6.33. The first-order chi connectivity index (χ1) is 13.5. The molecule has 0 spiro atoms. The maximum Gasteiger partial charge on any atom is 0.340 e. The molecule has 0 aliphatic rings. The highest BCUT2D eigenvalue weighted by Gasteiger charge is 2.17. The van der Waals surface area contributed by atoms with Crippen LogP contribution in [0.2, 0.25) is 5.02 Å². The van der Waals surface area contributed by atoms with Crippen LogP contribution in [-0.4, -0.2) is 29.8 Å². The molecule has 2 heterocycles. The highest BCUT2D eigenvalue weighted by Crippen LogP contribution is 2.27. The van der Waals surface area contributed by atoms with Crippen molar-refractivity contribution < 1.29 is 23.5 Å². The smallest absolute Gasteiger partial charge is 0.340 e. The van der Waals surface area contributed by atoms with Crippen molar-refractivity contribution in [2.75, 3.05) is 11.9 Å². The van der Waals surface area contributed by atoms with E-state index in [1.807, 2.05) is 0 Å². The molecule has 8 heteroatoms. The van der Waals surface area contributed by atoms with Gasteiger partial charge in [-0.05, 0) is 48.9 Å². The second-order valence-electron chi connectivity index (χ2n) is 5.81. The number of aromatic nitrogens is 1. The minimum atomic E-state index is -0.762. The predicted molar refractivity (Wildman–Crippen MR) is 102 cm³/mol. The van der Waals surface area contributed by atoms with E-state index in [0.29, 0.717) is 23.4 Å². The molecule has 3 aromatic rings. The van der Waals surface area contributed by atoms with Gasteiger partial charge in [-0.2, -0.15) is 0 Å². The number of nitrogens with zero attached hydrogens (tertiary/aromatic N) is 1. The van der Waals surface area contributed by atoms with E-state index in [1.54, 1.807) is 37.4 Å². The number of furan rings is 1. The third kappa shape index (κ3) is 4.44. The molecule has 1 amide bonds. The molecule has 0 bridgehead atoms. The molecule has 1 aromatic carbocycles.